The van der Waals surface area contributed by atoms with Gasteiger partial charge in [-0.05, 0) is 30.5 Å². The van der Waals surface area contributed by atoms with E-state index in [1.165, 1.54) is 6.20 Å². The average molecular weight is 298 g/mol. The molecule has 0 bridgehead atoms. The highest BCUT2D eigenvalue weighted by molar-refractivity contribution is 5.65. The van der Waals surface area contributed by atoms with Crippen LogP contribution in [-0.2, 0) is 0 Å². The molecular formula is C15H15FN6. The summed E-state index contributed by atoms with van der Waals surface area (Å²) in [6, 6.07) is 3.54. The molecule has 0 spiro atoms. The molecule has 0 saturated carbocycles. The molecule has 112 valence electrons. The third-order valence-electron chi connectivity index (χ3n) is 4.04. The second kappa shape index (κ2) is 4.94. The zero-order valence-electron chi connectivity index (χ0n) is 11.9. The van der Waals surface area contributed by atoms with Gasteiger partial charge in [0.05, 0.1) is 24.1 Å². The predicted molar refractivity (Wildman–Crippen MR) is 80.9 cm³/mol. The van der Waals surface area contributed by atoms with E-state index < -0.39 is 0 Å². The minimum absolute atomic E-state index is 0.0855. The lowest BCUT2D eigenvalue weighted by atomic mass is 10.1. The van der Waals surface area contributed by atoms with Crippen molar-refractivity contribution in [3.8, 4) is 0 Å². The molecule has 3 aromatic heterocycles. The highest BCUT2D eigenvalue weighted by Gasteiger charge is 2.28. The summed E-state index contributed by atoms with van der Waals surface area (Å²) >= 11 is 0. The Labute approximate surface area is 126 Å². The number of rotatable bonds is 2. The maximum atomic E-state index is 13.4. The Kier molecular flexibility index (Phi) is 2.92. The lowest BCUT2D eigenvalue weighted by Crippen LogP contribution is -2.24. The summed E-state index contributed by atoms with van der Waals surface area (Å²) in [5.74, 6) is 0.513. The van der Waals surface area contributed by atoms with E-state index in [0.29, 0.717) is 11.3 Å². The molecular weight excluding hydrogens is 283 g/mol. The van der Waals surface area contributed by atoms with Crippen LogP contribution < -0.4 is 10.6 Å². The van der Waals surface area contributed by atoms with Gasteiger partial charge in [0.2, 0.25) is 0 Å². The molecule has 1 aliphatic rings. The van der Waals surface area contributed by atoms with Crippen molar-refractivity contribution in [2.24, 2.45) is 0 Å². The summed E-state index contributed by atoms with van der Waals surface area (Å²) in [6.45, 7) is 0.873. The van der Waals surface area contributed by atoms with E-state index in [-0.39, 0.29) is 11.9 Å². The molecule has 1 unspecified atom stereocenters. The molecule has 0 aromatic carbocycles. The van der Waals surface area contributed by atoms with Crippen molar-refractivity contribution in [2.45, 2.75) is 18.9 Å². The summed E-state index contributed by atoms with van der Waals surface area (Å²) in [5.41, 5.74) is 7.95. The van der Waals surface area contributed by atoms with E-state index >= 15 is 0 Å². The van der Waals surface area contributed by atoms with Crippen molar-refractivity contribution in [3.05, 3.63) is 48.3 Å². The largest absolute Gasteiger partial charge is 0.394 e. The molecule has 0 aliphatic carbocycles. The molecule has 0 amide bonds. The van der Waals surface area contributed by atoms with Crippen molar-refractivity contribution < 1.29 is 4.39 Å². The summed E-state index contributed by atoms with van der Waals surface area (Å²) < 4.78 is 15.1. The first kappa shape index (κ1) is 13.0. The highest BCUT2D eigenvalue weighted by Crippen LogP contribution is 2.35. The lowest BCUT2D eigenvalue weighted by molar-refractivity contribution is 0.610. The quantitative estimate of drug-likeness (QED) is 0.785. The molecule has 2 N–H and O–H groups in total. The van der Waals surface area contributed by atoms with Crippen LogP contribution in [0.2, 0.25) is 0 Å². The topological polar surface area (TPSA) is 72.3 Å². The van der Waals surface area contributed by atoms with Crippen molar-refractivity contribution in [3.63, 3.8) is 0 Å². The molecule has 4 heterocycles. The third-order valence-corrected chi connectivity index (χ3v) is 4.04. The van der Waals surface area contributed by atoms with Crippen molar-refractivity contribution in [2.75, 3.05) is 17.2 Å². The van der Waals surface area contributed by atoms with Gasteiger partial charge in [-0.15, -0.1) is 0 Å². The molecule has 22 heavy (non-hydrogen) atoms. The minimum atomic E-state index is -0.312. The Balaban J connectivity index is 1.74. The van der Waals surface area contributed by atoms with Crippen LogP contribution in [0.1, 0.15) is 24.4 Å². The highest BCUT2D eigenvalue weighted by atomic mass is 19.1. The summed E-state index contributed by atoms with van der Waals surface area (Å²) in [6.07, 6.45) is 8.35. The molecule has 3 aromatic rings. The van der Waals surface area contributed by atoms with Crippen LogP contribution in [0.4, 0.5) is 15.9 Å². The zero-order valence-corrected chi connectivity index (χ0v) is 11.9. The number of hydrogen-bond donors (Lipinski definition) is 1. The van der Waals surface area contributed by atoms with Gasteiger partial charge in [0, 0.05) is 18.9 Å². The number of pyridine rings is 1. The Morgan fingerprint density at radius 3 is 3.05 bits per heavy atom. The number of fused-ring (bicyclic) bond motifs is 1. The fourth-order valence-corrected chi connectivity index (χ4v) is 3.03. The summed E-state index contributed by atoms with van der Waals surface area (Å²) in [5, 5.41) is 4.13. The SMILES string of the molecule is Nc1cnn2ccc(N3CCCC3c3cncc(F)c3)nc12. The Morgan fingerprint density at radius 1 is 1.27 bits per heavy atom. The van der Waals surface area contributed by atoms with Gasteiger partial charge in [-0.25, -0.2) is 13.9 Å². The Bertz CT molecular complexity index is 830. The van der Waals surface area contributed by atoms with Crippen molar-refractivity contribution >= 4 is 17.2 Å². The van der Waals surface area contributed by atoms with Crippen LogP contribution in [0.5, 0.6) is 0 Å². The van der Waals surface area contributed by atoms with Gasteiger partial charge < -0.3 is 10.6 Å². The minimum Gasteiger partial charge on any atom is -0.394 e. The first-order valence-corrected chi connectivity index (χ1v) is 7.19. The summed E-state index contributed by atoms with van der Waals surface area (Å²) in [7, 11) is 0. The number of aromatic nitrogens is 4. The van der Waals surface area contributed by atoms with Gasteiger partial charge in [0.15, 0.2) is 5.65 Å². The van der Waals surface area contributed by atoms with Crippen LogP contribution in [0.25, 0.3) is 5.65 Å². The maximum Gasteiger partial charge on any atom is 0.180 e. The van der Waals surface area contributed by atoms with Crippen LogP contribution >= 0.6 is 0 Å². The average Bonchev–Trinajstić information content (AvgIpc) is 3.14. The molecule has 6 nitrogen and oxygen atoms in total. The summed E-state index contributed by atoms with van der Waals surface area (Å²) in [4.78, 5) is 10.7. The molecule has 0 radical (unpaired) electrons. The fraction of sp³-hybridized carbons (Fsp3) is 0.267. The number of anilines is 2. The molecule has 4 rings (SSSR count). The first-order chi connectivity index (χ1) is 10.7. The second-order valence-corrected chi connectivity index (χ2v) is 5.44. The zero-order chi connectivity index (χ0) is 15.1. The maximum absolute atomic E-state index is 13.4. The van der Waals surface area contributed by atoms with E-state index in [0.717, 1.165) is 30.8 Å². The van der Waals surface area contributed by atoms with Gasteiger partial charge in [-0.2, -0.15) is 5.10 Å². The number of nitrogens with zero attached hydrogens (tertiary/aromatic N) is 5. The standard InChI is InChI=1S/C15H15FN6/c16-11-6-10(7-18-8-11)13-2-1-4-21(13)14-3-5-22-15(20-14)12(17)9-19-22/h3,5-9,13H,1-2,4,17H2. The first-order valence-electron chi connectivity index (χ1n) is 7.19. The number of hydrogen-bond acceptors (Lipinski definition) is 5. The van der Waals surface area contributed by atoms with E-state index in [4.69, 9.17) is 5.73 Å². The van der Waals surface area contributed by atoms with Crippen LogP contribution in [0.3, 0.4) is 0 Å². The second-order valence-electron chi connectivity index (χ2n) is 5.44. The number of nitrogens with two attached hydrogens (primary N) is 1. The molecule has 7 heteroatoms. The molecule has 1 saturated heterocycles. The van der Waals surface area contributed by atoms with E-state index in [2.05, 4.69) is 20.0 Å². The van der Waals surface area contributed by atoms with Gasteiger partial charge in [-0.3, -0.25) is 4.98 Å². The fourth-order valence-electron chi connectivity index (χ4n) is 3.03. The van der Waals surface area contributed by atoms with E-state index in [1.807, 2.05) is 12.3 Å². The van der Waals surface area contributed by atoms with Gasteiger partial charge in [0.1, 0.15) is 11.6 Å². The van der Waals surface area contributed by atoms with Gasteiger partial charge >= 0.3 is 0 Å². The van der Waals surface area contributed by atoms with Crippen molar-refractivity contribution in [1.82, 2.24) is 19.6 Å². The predicted octanol–water partition coefficient (Wildman–Crippen LogP) is 2.19. The van der Waals surface area contributed by atoms with Crippen LogP contribution in [0, 0.1) is 5.82 Å². The molecule has 1 atom stereocenters. The van der Waals surface area contributed by atoms with E-state index in [9.17, 15) is 4.39 Å². The Hall–Kier alpha value is -2.70. The van der Waals surface area contributed by atoms with Crippen molar-refractivity contribution in [1.29, 1.82) is 0 Å². The van der Waals surface area contributed by atoms with Crippen LogP contribution in [0.15, 0.2) is 36.9 Å². The lowest BCUT2D eigenvalue weighted by Gasteiger charge is -2.25. The normalized spacial score (nSPS) is 18.2. The smallest absolute Gasteiger partial charge is 0.180 e. The Morgan fingerprint density at radius 2 is 2.18 bits per heavy atom. The third kappa shape index (κ3) is 2.05. The molecule has 1 fully saturated rings. The molecule has 1 aliphatic heterocycles. The van der Waals surface area contributed by atoms with Gasteiger partial charge in [0.25, 0.3) is 0 Å². The number of nitrogen functional groups attached to an aromatic ring is 1. The number of halogens is 1. The van der Waals surface area contributed by atoms with E-state index in [1.54, 1.807) is 23.0 Å². The monoisotopic (exact) mass is 298 g/mol. The van der Waals surface area contributed by atoms with Crippen LogP contribution in [-0.4, -0.2) is 26.1 Å². The van der Waals surface area contributed by atoms with Gasteiger partial charge in [-0.1, -0.05) is 0 Å².